The van der Waals surface area contributed by atoms with Gasteiger partial charge in [-0.05, 0) is 18.9 Å². The summed E-state index contributed by atoms with van der Waals surface area (Å²) in [5.41, 5.74) is -0.784. The highest BCUT2D eigenvalue weighted by atomic mass is 16.6. The van der Waals surface area contributed by atoms with Crippen molar-refractivity contribution < 1.29 is 14.1 Å². The standard InChI is InChI=1S/C16H16N4O5/c17-10-16(6-2-1-3-7-16)18-14(21)9-19-12-8-11(20(23)24)4-5-13(12)25-15(19)22/h4-5,8H,1-3,6-7,9H2,(H,18,21). The number of amides is 1. The molecule has 1 saturated carbocycles. The molecule has 3 rings (SSSR count). The molecule has 1 amide bonds. The quantitative estimate of drug-likeness (QED) is 0.665. The van der Waals surface area contributed by atoms with E-state index in [0.717, 1.165) is 23.8 Å². The molecule has 0 radical (unpaired) electrons. The zero-order chi connectivity index (χ0) is 18.0. The minimum atomic E-state index is -0.912. The molecule has 1 aliphatic rings. The highest BCUT2D eigenvalue weighted by Gasteiger charge is 2.33. The van der Waals surface area contributed by atoms with Crippen LogP contribution in [0.15, 0.2) is 27.4 Å². The lowest BCUT2D eigenvalue weighted by atomic mass is 9.83. The van der Waals surface area contributed by atoms with Crippen molar-refractivity contribution in [2.75, 3.05) is 0 Å². The van der Waals surface area contributed by atoms with Gasteiger partial charge < -0.3 is 9.73 Å². The third kappa shape index (κ3) is 3.24. The number of hydrogen-bond acceptors (Lipinski definition) is 6. The lowest BCUT2D eigenvalue weighted by Gasteiger charge is -2.31. The van der Waals surface area contributed by atoms with Crippen molar-refractivity contribution in [1.29, 1.82) is 5.26 Å². The second-order valence-corrected chi connectivity index (χ2v) is 6.17. The van der Waals surface area contributed by atoms with E-state index in [1.165, 1.54) is 18.2 Å². The van der Waals surface area contributed by atoms with E-state index in [2.05, 4.69) is 11.4 Å². The lowest BCUT2D eigenvalue weighted by Crippen LogP contribution is -2.50. The van der Waals surface area contributed by atoms with Crippen molar-refractivity contribution in [2.45, 2.75) is 44.2 Å². The van der Waals surface area contributed by atoms with E-state index in [-0.39, 0.29) is 23.3 Å². The Morgan fingerprint density at radius 1 is 1.40 bits per heavy atom. The molecule has 0 atom stereocenters. The van der Waals surface area contributed by atoms with Crippen molar-refractivity contribution in [1.82, 2.24) is 9.88 Å². The van der Waals surface area contributed by atoms with Crippen LogP contribution >= 0.6 is 0 Å². The number of aromatic nitrogens is 1. The number of nitro groups is 1. The normalized spacial score (nSPS) is 16.3. The number of carbonyl (C=O) groups is 1. The predicted molar refractivity (Wildman–Crippen MR) is 86.7 cm³/mol. The number of non-ortho nitro benzene ring substituents is 1. The Morgan fingerprint density at radius 2 is 2.12 bits per heavy atom. The molecule has 1 heterocycles. The molecule has 1 aromatic carbocycles. The summed E-state index contributed by atoms with van der Waals surface area (Å²) in [6.07, 6.45) is 3.88. The first kappa shape index (κ1) is 16.7. The molecule has 1 N–H and O–H groups in total. The summed E-state index contributed by atoms with van der Waals surface area (Å²) in [5.74, 6) is -1.28. The van der Waals surface area contributed by atoms with Gasteiger partial charge in [0.15, 0.2) is 5.58 Å². The van der Waals surface area contributed by atoms with Crippen molar-refractivity contribution in [3.8, 4) is 6.07 Å². The van der Waals surface area contributed by atoms with Gasteiger partial charge in [-0.1, -0.05) is 19.3 Å². The molecule has 1 aromatic heterocycles. The van der Waals surface area contributed by atoms with Gasteiger partial charge in [0.05, 0.1) is 16.5 Å². The first-order chi connectivity index (χ1) is 11.9. The molecule has 0 bridgehead atoms. The summed E-state index contributed by atoms with van der Waals surface area (Å²) in [4.78, 5) is 34.6. The molecule has 0 aliphatic heterocycles. The van der Waals surface area contributed by atoms with Gasteiger partial charge in [0, 0.05) is 12.1 Å². The number of nitriles is 1. The Hall–Kier alpha value is -3.15. The van der Waals surface area contributed by atoms with Crippen LogP contribution in [0.5, 0.6) is 0 Å². The maximum Gasteiger partial charge on any atom is 0.420 e. The fraction of sp³-hybridized carbons (Fsp3) is 0.438. The topological polar surface area (TPSA) is 131 Å². The molecule has 1 fully saturated rings. The van der Waals surface area contributed by atoms with E-state index >= 15 is 0 Å². The number of hydrogen-bond donors (Lipinski definition) is 1. The van der Waals surface area contributed by atoms with Gasteiger partial charge in [-0.2, -0.15) is 5.26 Å². The number of oxazole rings is 1. The molecule has 0 spiro atoms. The predicted octanol–water partition coefficient (Wildman–Crippen LogP) is 1.85. The van der Waals surface area contributed by atoms with Crippen molar-refractivity contribution in [3.63, 3.8) is 0 Å². The minimum absolute atomic E-state index is 0.163. The maximum atomic E-state index is 12.4. The molecule has 9 heteroatoms. The average molecular weight is 344 g/mol. The van der Waals surface area contributed by atoms with Crippen LogP contribution in [-0.4, -0.2) is 20.9 Å². The monoisotopic (exact) mass is 344 g/mol. The van der Waals surface area contributed by atoms with E-state index in [4.69, 9.17) is 4.42 Å². The van der Waals surface area contributed by atoms with Crippen LogP contribution in [0.2, 0.25) is 0 Å². The van der Waals surface area contributed by atoms with E-state index < -0.39 is 22.1 Å². The van der Waals surface area contributed by atoms with Crippen LogP contribution in [0.25, 0.3) is 11.1 Å². The van der Waals surface area contributed by atoms with Gasteiger partial charge in [-0.3, -0.25) is 19.5 Å². The summed E-state index contributed by atoms with van der Waals surface area (Å²) >= 11 is 0. The Labute approximate surface area is 142 Å². The summed E-state index contributed by atoms with van der Waals surface area (Å²) in [6, 6.07) is 5.91. The number of nitro benzene ring substituents is 1. The average Bonchev–Trinajstić information content (AvgIpc) is 2.90. The van der Waals surface area contributed by atoms with Crippen molar-refractivity contribution >= 4 is 22.7 Å². The van der Waals surface area contributed by atoms with Gasteiger partial charge in [-0.15, -0.1) is 0 Å². The Bertz CT molecular complexity index is 930. The lowest BCUT2D eigenvalue weighted by molar-refractivity contribution is -0.384. The van der Waals surface area contributed by atoms with Gasteiger partial charge in [0.25, 0.3) is 5.69 Å². The third-order valence-electron chi connectivity index (χ3n) is 4.46. The molecular formula is C16H16N4O5. The largest absolute Gasteiger partial charge is 0.420 e. The first-order valence-electron chi connectivity index (χ1n) is 7.94. The van der Waals surface area contributed by atoms with Gasteiger partial charge >= 0.3 is 5.76 Å². The number of carbonyl (C=O) groups excluding carboxylic acids is 1. The zero-order valence-corrected chi connectivity index (χ0v) is 13.4. The van der Waals surface area contributed by atoms with Gasteiger partial charge in [0.2, 0.25) is 5.91 Å². The number of nitrogens with zero attached hydrogens (tertiary/aromatic N) is 3. The second kappa shape index (κ2) is 6.39. The second-order valence-electron chi connectivity index (χ2n) is 6.17. The van der Waals surface area contributed by atoms with E-state index in [1.807, 2.05) is 0 Å². The molecule has 2 aromatic rings. The summed E-state index contributed by atoms with van der Waals surface area (Å²) in [6.45, 7) is -0.365. The highest BCUT2D eigenvalue weighted by Crippen LogP contribution is 2.27. The molecular weight excluding hydrogens is 328 g/mol. The Morgan fingerprint density at radius 3 is 2.76 bits per heavy atom. The van der Waals surface area contributed by atoms with E-state index in [9.17, 15) is 25.0 Å². The third-order valence-corrected chi connectivity index (χ3v) is 4.46. The van der Waals surface area contributed by atoms with Crippen molar-refractivity contribution in [3.05, 3.63) is 38.9 Å². The highest BCUT2D eigenvalue weighted by molar-refractivity contribution is 5.81. The number of nitrogens with one attached hydrogen (secondary N) is 1. The molecule has 0 unspecified atom stereocenters. The summed E-state index contributed by atoms with van der Waals surface area (Å²) in [5, 5.41) is 23.0. The van der Waals surface area contributed by atoms with Crippen LogP contribution < -0.4 is 11.1 Å². The van der Waals surface area contributed by atoms with Crippen LogP contribution in [0.4, 0.5) is 5.69 Å². The first-order valence-corrected chi connectivity index (χ1v) is 7.94. The molecule has 25 heavy (non-hydrogen) atoms. The molecule has 130 valence electrons. The molecule has 1 aliphatic carbocycles. The van der Waals surface area contributed by atoms with Crippen LogP contribution in [0.1, 0.15) is 32.1 Å². The van der Waals surface area contributed by atoms with Crippen LogP contribution in [0.3, 0.4) is 0 Å². The van der Waals surface area contributed by atoms with Gasteiger partial charge in [-0.25, -0.2) is 4.79 Å². The maximum absolute atomic E-state index is 12.4. The fourth-order valence-electron chi connectivity index (χ4n) is 3.18. The Balaban J connectivity index is 1.87. The van der Waals surface area contributed by atoms with E-state index in [0.29, 0.717) is 12.8 Å². The number of fused-ring (bicyclic) bond motifs is 1. The van der Waals surface area contributed by atoms with Crippen LogP contribution in [0, 0.1) is 21.4 Å². The van der Waals surface area contributed by atoms with Crippen LogP contribution in [-0.2, 0) is 11.3 Å². The minimum Gasteiger partial charge on any atom is -0.408 e. The van der Waals surface area contributed by atoms with Gasteiger partial charge in [0.1, 0.15) is 12.1 Å². The molecule has 0 saturated heterocycles. The number of benzene rings is 1. The zero-order valence-electron chi connectivity index (χ0n) is 13.4. The summed E-state index contributed by atoms with van der Waals surface area (Å²) < 4.78 is 6.05. The SMILES string of the molecule is N#CC1(NC(=O)Cn2c(=O)oc3ccc([N+](=O)[O-])cc32)CCCCC1. The summed E-state index contributed by atoms with van der Waals surface area (Å²) in [7, 11) is 0. The fourth-order valence-corrected chi connectivity index (χ4v) is 3.18. The van der Waals surface area contributed by atoms with Crippen molar-refractivity contribution in [2.24, 2.45) is 0 Å². The van der Waals surface area contributed by atoms with E-state index in [1.54, 1.807) is 0 Å². The Kier molecular flexibility index (Phi) is 4.27. The number of rotatable bonds is 4. The molecule has 9 nitrogen and oxygen atoms in total. The smallest absolute Gasteiger partial charge is 0.408 e.